The summed E-state index contributed by atoms with van der Waals surface area (Å²) in [5.41, 5.74) is 2.69. The largest absolute Gasteiger partial charge is 0.350 e. The summed E-state index contributed by atoms with van der Waals surface area (Å²) in [6.07, 6.45) is 0.267. The van der Waals surface area contributed by atoms with Crippen molar-refractivity contribution in [1.29, 1.82) is 0 Å². The smallest absolute Gasteiger partial charge is 0.323 e. The predicted molar refractivity (Wildman–Crippen MR) is 123 cm³/mol. The molecule has 3 aromatic carbocycles. The van der Waals surface area contributed by atoms with Crippen LogP contribution in [-0.2, 0) is 22.6 Å². The third kappa shape index (κ3) is 5.54. The van der Waals surface area contributed by atoms with Crippen molar-refractivity contribution in [3.05, 3.63) is 95.8 Å². The maximum atomic E-state index is 13.1. The molecule has 4 rings (SSSR count). The van der Waals surface area contributed by atoms with Gasteiger partial charge in [-0.3, -0.25) is 14.5 Å². The molecule has 0 spiro atoms. The van der Waals surface area contributed by atoms with Gasteiger partial charge in [-0.1, -0.05) is 54.6 Å². The zero-order valence-electron chi connectivity index (χ0n) is 17.8. The van der Waals surface area contributed by atoms with Crippen LogP contribution >= 0.6 is 0 Å². The molecule has 0 unspecified atom stereocenters. The molecule has 0 radical (unpaired) electrons. The van der Waals surface area contributed by atoms with Crippen LogP contribution in [0.25, 0.3) is 0 Å². The van der Waals surface area contributed by atoms with Crippen LogP contribution in [0, 0.1) is 5.82 Å². The minimum Gasteiger partial charge on any atom is -0.350 e. The fourth-order valence-electron chi connectivity index (χ4n) is 3.62. The molecule has 1 atom stereocenters. The van der Waals surface area contributed by atoms with Crippen molar-refractivity contribution in [2.24, 2.45) is 0 Å². The highest BCUT2D eigenvalue weighted by atomic mass is 19.1. The SMILES string of the molecule is O=C1CN(C(=O)N[C@@H](Cc2ccccc2)C(=O)NCc2ccc(F)cc2)c2ccccc2N1. The molecule has 0 aromatic heterocycles. The number of benzene rings is 3. The average molecular weight is 446 g/mol. The molecule has 3 N–H and O–H groups in total. The Morgan fingerprint density at radius 1 is 0.939 bits per heavy atom. The first-order chi connectivity index (χ1) is 16.0. The molecule has 4 amide bonds. The molecule has 168 valence electrons. The van der Waals surface area contributed by atoms with Gasteiger partial charge in [-0.15, -0.1) is 0 Å². The van der Waals surface area contributed by atoms with Gasteiger partial charge in [0.2, 0.25) is 11.8 Å². The molecule has 1 aliphatic rings. The molecule has 8 heteroatoms. The third-order valence-electron chi connectivity index (χ3n) is 5.29. The molecule has 0 saturated carbocycles. The number of hydrogen-bond acceptors (Lipinski definition) is 3. The highest BCUT2D eigenvalue weighted by molar-refractivity contribution is 6.10. The number of amides is 4. The van der Waals surface area contributed by atoms with Crippen LogP contribution in [0.4, 0.5) is 20.6 Å². The van der Waals surface area contributed by atoms with Gasteiger partial charge >= 0.3 is 6.03 Å². The van der Waals surface area contributed by atoms with Crippen molar-refractivity contribution >= 4 is 29.2 Å². The number of rotatable bonds is 6. The van der Waals surface area contributed by atoms with Crippen molar-refractivity contribution in [2.45, 2.75) is 19.0 Å². The van der Waals surface area contributed by atoms with Gasteiger partial charge in [0.15, 0.2) is 0 Å². The number of carbonyl (C=O) groups is 3. The Labute approximate surface area is 190 Å². The molecule has 3 aromatic rings. The van der Waals surface area contributed by atoms with Crippen LogP contribution < -0.4 is 20.9 Å². The van der Waals surface area contributed by atoms with Gasteiger partial charge in [-0.25, -0.2) is 9.18 Å². The first-order valence-corrected chi connectivity index (χ1v) is 10.5. The van der Waals surface area contributed by atoms with Crippen LogP contribution in [0.1, 0.15) is 11.1 Å². The number of nitrogens with zero attached hydrogens (tertiary/aromatic N) is 1. The van der Waals surface area contributed by atoms with Crippen LogP contribution in [0.2, 0.25) is 0 Å². The van der Waals surface area contributed by atoms with E-state index in [9.17, 15) is 18.8 Å². The molecule has 7 nitrogen and oxygen atoms in total. The van der Waals surface area contributed by atoms with Crippen LogP contribution in [0.15, 0.2) is 78.9 Å². The summed E-state index contributed by atoms with van der Waals surface area (Å²) >= 11 is 0. The van der Waals surface area contributed by atoms with E-state index < -0.39 is 12.1 Å². The summed E-state index contributed by atoms with van der Waals surface area (Å²) in [4.78, 5) is 39.6. The quantitative estimate of drug-likeness (QED) is 0.543. The van der Waals surface area contributed by atoms with Crippen LogP contribution in [0.5, 0.6) is 0 Å². The Bertz CT molecular complexity index is 1150. The molecular formula is C25H23FN4O3. The zero-order valence-corrected chi connectivity index (χ0v) is 17.8. The van der Waals surface area contributed by atoms with Gasteiger partial charge < -0.3 is 16.0 Å². The Morgan fingerprint density at radius 2 is 1.64 bits per heavy atom. The highest BCUT2D eigenvalue weighted by Crippen LogP contribution is 2.28. The van der Waals surface area contributed by atoms with Crippen molar-refractivity contribution in [3.63, 3.8) is 0 Å². The molecule has 0 saturated heterocycles. The lowest BCUT2D eigenvalue weighted by molar-refractivity contribution is -0.123. The first kappa shape index (κ1) is 22.0. The summed E-state index contributed by atoms with van der Waals surface area (Å²) < 4.78 is 13.1. The van der Waals surface area contributed by atoms with E-state index in [0.29, 0.717) is 11.4 Å². The lowest BCUT2D eigenvalue weighted by atomic mass is 10.1. The maximum absolute atomic E-state index is 13.1. The van der Waals surface area contributed by atoms with Gasteiger partial charge in [0.1, 0.15) is 18.4 Å². The van der Waals surface area contributed by atoms with Crippen molar-refractivity contribution in [3.8, 4) is 0 Å². The number of nitrogens with one attached hydrogen (secondary N) is 3. The monoisotopic (exact) mass is 446 g/mol. The highest BCUT2D eigenvalue weighted by Gasteiger charge is 2.30. The average Bonchev–Trinajstić information content (AvgIpc) is 2.83. The van der Waals surface area contributed by atoms with E-state index in [1.165, 1.54) is 17.0 Å². The van der Waals surface area contributed by atoms with E-state index in [4.69, 9.17) is 0 Å². The van der Waals surface area contributed by atoms with Gasteiger partial charge in [-0.2, -0.15) is 0 Å². The number of carbonyl (C=O) groups excluding carboxylic acids is 3. The molecule has 0 aliphatic carbocycles. The molecular weight excluding hydrogens is 423 g/mol. The second-order valence-electron chi connectivity index (χ2n) is 7.69. The predicted octanol–water partition coefficient (Wildman–Crippen LogP) is 3.22. The Balaban J connectivity index is 1.50. The molecule has 0 fully saturated rings. The number of hydrogen-bond donors (Lipinski definition) is 3. The molecule has 1 aliphatic heterocycles. The van der Waals surface area contributed by atoms with E-state index in [1.807, 2.05) is 30.3 Å². The zero-order chi connectivity index (χ0) is 23.2. The van der Waals surface area contributed by atoms with E-state index in [2.05, 4.69) is 16.0 Å². The number of anilines is 2. The van der Waals surface area contributed by atoms with E-state index in [-0.39, 0.29) is 37.1 Å². The van der Waals surface area contributed by atoms with Crippen molar-refractivity contribution < 1.29 is 18.8 Å². The minimum atomic E-state index is -0.877. The van der Waals surface area contributed by atoms with Crippen molar-refractivity contribution in [1.82, 2.24) is 10.6 Å². The van der Waals surface area contributed by atoms with Gasteiger partial charge in [-0.05, 0) is 35.4 Å². The van der Waals surface area contributed by atoms with Gasteiger partial charge in [0.25, 0.3) is 0 Å². The van der Waals surface area contributed by atoms with Crippen molar-refractivity contribution in [2.75, 3.05) is 16.8 Å². The number of urea groups is 1. The fourth-order valence-corrected chi connectivity index (χ4v) is 3.62. The fraction of sp³-hybridized carbons (Fsp3) is 0.160. The minimum absolute atomic E-state index is 0.155. The lowest BCUT2D eigenvalue weighted by Crippen LogP contribution is -2.54. The summed E-state index contributed by atoms with van der Waals surface area (Å²) in [6.45, 7) is 0.0350. The molecule has 0 bridgehead atoms. The summed E-state index contributed by atoms with van der Waals surface area (Å²) in [7, 11) is 0. The lowest BCUT2D eigenvalue weighted by Gasteiger charge is -2.30. The summed E-state index contributed by atoms with van der Waals surface area (Å²) in [6, 6.07) is 20.7. The molecule has 33 heavy (non-hydrogen) atoms. The standard InChI is InChI=1S/C25H23FN4O3/c26-19-12-10-18(11-13-19)15-27-24(32)21(14-17-6-2-1-3-7-17)29-25(33)30-16-23(31)28-20-8-4-5-9-22(20)30/h1-13,21H,14-16H2,(H,27,32)(H,28,31)(H,29,33)/t21-/m0/s1. The topological polar surface area (TPSA) is 90.5 Å². The van der Waals surface area contributed by atoms with Crippen LogP contribution in [0.3, 0.4) is 0 Å². The Morgan fingerprint density at radius 3 is 2.39 bits per heavy atom. The number of fused-ring (bicyclic) bond motifs is 1. The first-order valence-electron chi connectivity index (χ1n) is 10.5. The normalized spacial score (nSPS) is 13.5. The van der Waals surface area contributed by atoms with Crippen LogP contribution in [-0.4, -0.2) is 30.4 Å². The maximum Gasteiger partial charge on any atom is 0.323 e. The number of para-hydroxylation sites is 2. The van der Waals surface area contributed by atoms with E-state index in [0.717, 1.165) is 11.1 Å². The Kier molecular flexibility index (Phi) is 6.64. The van der Waals surface area contributed by atoms with E-state index in [1.54, 1.807) is 36.4 Å². The van der Waals surface area contributed by atoms with Gasteiger partial charge in [0.05, 0.1) is 11.4 Å². The van der Waals surface area contributed by atoms with E-state index >= 15 is 0 Å². The number of halogens is 1. The second-order valence-corrected chi connectivity index (χ2v) is 7.69. The molecule has 1 heterocycles. The summed E-state index contributed by atoms with van der Waals surface area (Å²) in [5.74, 6) is -1.05. The summed E-state index contributed by atoms with van der Waals surface area (Å²) in [5, 5.41) is 8.31. The third-order valence-corrected chi connectivity index (χ3v) is 5.29. The second kappa shape index (κ2) is 9.95. The Hall–Kier alpha value is -4.20. The van der Waals surface area contributed by atoms with Gasteiger partial charge in [0, 0.05) is 13.0 Å².